The molecule has 0 atom stereocenters. The standard InChI is InChI=1S/C19H22N2O5/c1-13-6-4-8-16(14(13)2)19(24)26-12-18(23)21(3)11-17(22)20-10-15-7-5-9-25-15/h4-9H,10-12H2,1-3H3,(H,20,22). The first-order valence-electron chi connectivity index (χ1n) is 8.15. The number of benzene rings is 1. The second-order valence-corrected chi connectivity index (χ2v) is 5.93. The third-order valence-corrected chi connectivity index (χ3v) is 4.00. The number of ether oxygens (including phenoxy) is 1. The third kappa shape index (κ3) is 5.20. The zero-order chi connectivity index (χ0) is 19.1. The second-order valence-electron chi connectivity index (χ2n) is 5.93. The number of hydrogen-bond acceptors (Lipinski definition) is 5. The Bertz CT molecular complexity index is 783. The highest BCUT2D eigenvalue weighted by molar-refractivity contribution is 5.93. The molecule has 0 unspecified atom stereocenters. The minimum Gasteiger partial charge on any atom is -0.467 e. The van der Waals surface area contributed by atoms with E-state index in [1.54, 1.807) is 24.3 Å². The van der Waals surface area contributed by atoms with Gasteiger partial charge in [-0.1, -0.05) is 12.1 Å². The first kappa shape index (κ1) is 19.2. The molecule has 0 aliphatic heterocycles. The summed E-state index contributed by atoms with van der Waals surface area (Å²) in [5, 5.41) is 2.64. The number of furan rings is 1. The van der Waals surface area contributed by atoms with Crippen molar-refractivity contribution in [2.75, 3.05) is 20.2 Å². The molecule has 2 amide bonds. The second kappa shape index (κ2) is 8.84. The molecule has 2 rings (SSSR count). The number of amides is 2. The first-order chi connectivity index (χ1) is 12.4. The maximum absolute atomic E-state index is 12.1. The molecular weight excluding hydrogens is 336 g/mol. The van der Waals surface area contributed by atoms with Crippen LogP contribution in [0.1, 0.15) is 27.2 Å². The van der Waals surface area contributed by atoms with Gasteiger partial charge < -0.3 is 19.4 Å². The van der Waals surface area contributed by atoms with Crippen molar-refractivity contribution in [2.24, 2.45) is 0 Å². The summed E-state index contributed by atoms with van der Waals surface area (Å²) in [7, 11) is 1.47. The number of carbonyl (C=O) groups excluding carboxylic acids is 3. The highest BCUT2D eigenvalue weighted by Crippen LogP contribution is 2.13. The van der Waals surface area contributed by atoms with E-state index in [9.17, 15) is 14.4 Å². The number of hydrogen-bond donors (Lipinski definition) is 1. The molecule has 0 spiro atoms. The Morgan fingerprint density at radius 2 is 1.92 bits per heavy atom. The predicted octanol–water partition coefficient (Wildman–Crippen LogP) is 1.83. The van der Waals surface area contributed by atoms with Gasteiger partial charge in [0, 0.05) is 7.05 Å². The Hall–Kier alpha value is -3.09. The van der Waals surface area contributed by atoms with Gasteiger partial charge in [-0.05, 0) is 43.2 Å². The molecule has 0 fully saturated rings. The quantitative estimate of drug-likeness (QED) is 0.763. The van der Waals surface area contributed by atoms with Crippen molar-refractivity contribution >= 4 is 17.8 Å². The average Bonchev–Trinajstić information content (AvgIpc) is 3.13. The van der Waals surface area contributed by atoms with Gasteiger partial charge in [0.15, 0.2) is 6.61 Å². The fourth-order valence-corrected chi connectivity index (χ4v) is 2.25. The highest BCUT2D eigenvalue weighted by atomic mass is 16.5. The number of carbonyl (C=O) groups is 3. The molecule has 0 radical (unpaired) electrons. The number of aryl methyl sites for hydroxylation is 1. The van der Waals surface area contributed by atoms with Crippen LogP contribution < -0.4 is 5.32 Å². The Morgan fingerprint density at radius 3 is 2.62 bits per heavy atom. The summed E-state index contributed by atoms with van der Waals surface area (Å²) < 4.78 is 10.2. The smallest absolute Gasteiger partial charge is 0.338 e. The number of nitrogens with one attached hydrogen (secondary N) is 1. The zero-order valence-corrected chi connectivity index (χ0v) is 15.1. The minimum atomic E-state index is -0.560. The molecule has 0 aliphatic carbocycles. The summed E-state index contributed by atoms with van der Waals surface area (Å²) in [6.07, 6.45) is 1.52. The lowest BCUT2D eigenvalue weighted by atomic mass is 10.0. The number of likely N-dealkylation sites (N-methyl/N-ethyl adjacent to an activating group) is 1. The molecule has 0 saturated heterocycles. The van der Waals surface area contributed by atoms with Gasteiger partial charge in [0.25, 0.3) is 5.91 Å². The van der Waals surface area contributed by atoms with Crippen LogP contribution in [-0.2, 0) is 20.9 Å². The molecule has 0 saturated carbocycles. The summed E-state index contributed by atoms with van der Waals surface area (Å²) in [4.78, 5) is 37.2. The van der Waals surface area contributed by atoms with E-state index in [4.69, 9.17) is 9.15 Å². The molecule has 1 N–H and O–H groups in total. The van der Waals surface area contributed by atoms with Crippen molar-refractivity contribution in [3.63, 3.8) is 0 Å². The average molecular weight is 358 g/mol. The van der Waals surface area contributed by atoms with Crippen molar-refractivity contribution in [3.8, 4) is 0 Å². The van der Waals surface area contributed by atoms with Gasteiger partial charge in [-0.3, -0.25) is 9.59 Å². The monoisotopic (exact) mass is 358 g/mol. The molecular formula is C19H22N2O5. The fraction of sp³-hybridized carbons (Fsp3) is 0.316. The van der Waals surface area contributed by atoms with E-state index in [0.29, 0.717) is 11.3 Å². The number of rotatable bonds is 7. The molecule has 2 aromatic rings. The van der Waals surface area contributed by atoms with Crippen LogP contribution in [0, 0.1) is 13.8 Å². The van der Waals surface area contributed by atoms with Gasteiger partial charge in [0.2, 0.25) is 5.91 Å². The van der Waals surface area contributed by atoms with Gasteiger partial charge in [-0.2, -0.15) is 0 Å². The molecule has 1 aromatic heterocycles. The van der Waals surface area contributed by atoms with Crippen LogP contribution in [0.15, 0.2) is 41.0 Å². The van der Waals surface area contributed by atoms with Gasteiger partial charge in [0.1, 0.15) is 5.76 Å². The minimum absolute atomic E-state index is 0.138. The summed E-state index contributed by atoms with van der Waals surface area (Å²) in [6.45, 7) is 3.40. The summed E-state index contributed by atoms with van der Waals surface area (Å²) in [5.74, 6) is -0.736. The Morgan fingerprint density at radius 1 is 1.15 bits per heavy atom. The third-order valence-electron chi connectivity index (χ3n) is 4.00. The molecule has 138 valence electrons. The topological polar surface area (TPSA) is 88.9 Å². The molecule has 0 aliphatic rings. The molecule has 1 aromatic carbocycles. The van der Waals surface area contributed by atoms with Crippen LogP contribution in [0.4, 0.5) is 0 Å². The summed E-state index contributed by atoms with van der Waals surface area (Å²) >= 11 is 0. The van der Waals surface area contributed by atoms with Crippen molar-refractivity contribution in [1.29, 1.82) is 0 Å². The lowest BCUT2D eigenvalue weighted by Crippen LogP contribution is -2.39. The zero-order valence-electron chi connectivity index (χ0n) is 15.1. The van der Waals surface area contributed by atoms with Crippen LogP contribution in [0.25, 0.3) is 0 Å². The summed E-state index contributed by atoms with van der Waals surface area (Å²) in [6, 6.07) is 8.77. The van der Waals surface area contributed by atoms with E-state index in [2.05, 4.69) is 5.32 Å². The van der Waals surface area contributed by atoms with E-state index >= 15 is 0 Å². The van der Waals surface area contributed by atoms with Crippen molar-refractivity contribution < 1.29 is 23.5 Å². The van der Waals surface area contributed by atoms with Crippen molar-refractivity contribution in [1.82, 2.24) is 10.2 Å². The first-order valence-corrected chi connectivity index (χ1v) is 8.15. The van der Waals surface area contributed by atoms with Crippen LogP contribution in [-0.4, -0.2) is 42.9 Å². The molecule has 0 bridgehead atoms. The Balaban J connectivity index is 1.78. The van der Waals surface area contributed by atoms with Gasteiger partial charge in [-0.25, -0.2) is 4.79 Å². The predicted molar refractivity (Wildman–Crippen MR) is 94.4 cm³/mol. The SMILES string of the molecule is Cc1cccc(C(=O)OCC(=O)N(C)CC(=O)NCc2ccco2)c1C. The lowest BCUT2D eigenvalue weighted by molar-refractivity contribution is -0.137. The van der Waals surface area contributed by atoms with Crippen LogP contribution in [0.2, 0.25) is 0 Å². The maximum Gasteiger partial charge on any atom is 0.338 e. The van der Waals surface area contributed by atoms with Gasteiger partial charge >= 0.3 is 5.97 Å². The maximum atomic E-state index is 12.1. The molecule has 7 heteroatoms. The van der Waals surface area contributed by atoms with E-state index < -0.39 is 18.5 Å². The van der Waals surface area contributed by atoms with Crippen molar-refractivity contribution in [2.45, 2.75) is 20.4 Å². The molecule has 7 nitrogen and oxygen atoms in total. The molecule has 26 heavy (non-hydrogen) atoms. The Labute approximate surface area is 151 Å². The van der Waals surface area contributed by atoms with E-state index in [0.717, 1.165) is 11.1 Å². The lowest BCUT2D eigenvalue weighted by Gasteiger charge is -2.17. The van der Waals surface area contributed by atoms with Gasteiger partial charge in [0.05, 0.1) is 24.9 Å². The van der Waals surface area contributed by atoms with Crippen molar-refractivity contribution in [3.05, 3.63) is 59.0 Å². The van der Waals surface area contributed by atoms with Gasteiger partial charge in [-0.15, -0.1) is 0 Å². The number of nitrogens with zero attached hydrogens (tertiary/aromatic N) is 1. The fourth-order valence-electron chi connectivity index (χ4n) is 2.25. The largest absolute Gasteiger partial charge is 0.467 e. The normalized spacial score (nSPS) is 10.3. The van der Waals surface area contributed by atoms with Crippen LogP contribution >= 0.6 is 0 Å². The Kier molecular flexibility index (Phi) is 6.54. The number of esters is 1. The van der Waals surface area contributed by atoms with Crippen LogP contribution in [0.5, 0.6) is 0 Å². The van der Waals surface area contributed by atoms with Crippen LogP contribution in [0.3, 0.4) is 0 Å². The molecule has 1 heterocycles. The summed E-state index contributed by atoms with van der Waals surface area (Å²) in [5.41, 5.74) is 2.21. The van der Waals surface area contributed by atoms with E-state index in [1.807, 2.05) is 19.9 Å². The van der Waals surface area contributed by atoms with E-state index in [1.165, 1.54) is 18.2 Å². The van der Waals surface area contributed by atoms with E-state index in [-0.39, 0.29) is 19.0 Å². The highest BCUT2D eigenvalue weighted by Gasteiger charge is 2.17.